The van der Waals surface area contributed by atoms with Gasteiger partial charge in [-0.3, -0.25) is 4.79 Å². The van der Waals surface area contributed by atoms with E-state index in [1.165, 1.54) is 122 Å². The minimum atomic E-state index is -1.99. The van der Waals surface area contributed by atoms with E-state index in [2.05, 4.69) is 165 Å². The van der Waals surface area contributed by atoms with Crippen molar-refractivity contribution >= 4 is 5.91 Å². The molecule has 19 nitrogen and oxygen atoms in total. The predicted molar refractivity (Wildman–Crippen MR) is 433 cm³/mol. The molecular formula is C89H147NO18. The number of ether oxygens (including phenoxy) is 6. The molecule has 17 unspecified atom stereocenters. The van der Waals surface area contributed by atoms with Crippen LogP contribution < -0.4 is 5.32 Å². The van der Waals surface area contributed by atoms with Gasteiger partial charge in [0.25, 0.3) is 0 Å². The van der Waals surface area contributed by atoms with Crippen LogP contribution in [-0.4, -0.2) is 193 Å². The summed E-state index contributed by atoms with van der Waals surface area (Å²) in [7, 11) is 0. The van der Waals surface area contributed by atoms with Crippen molar-refractivity contribution < 1.29 is 89.4 Å². The summed E-state index contributed by atoms with van der Waals surface area (Å²) in [6.45, 7) is 1.58. The van der Waals surface area contributed by atoms with E-state index in [1.54, 1.807) is 6.08 Å². The topological polar surface area (TPSA) is 307 Å². The first-order valence-electron chi connectivity index (χ1n) is 41.7. The van der Waals surface area contributed by atoms with Crippen LogP contribution in [0, 0.1) is 0 Å². The number of nitrogens with one attached hydrogen (secondary N) is 1. The molecule has 3 rings (SSSR count). The molecule has 0 aliphatic carbocycles. The monoisotopic (exact) mass is 1520 g/mol. The van der Waals surface area contributed by atoms with Crippen LogP contribution in [0.5, 0.6) is 0 Å². The summed E-state index contributed by atoms with van der Waals surface area (Å²) in [6, 6.07) is -1.02. The molecule has 3 saturated heterocycles. The molecule has 12 N–H and O–H groups in total. The van der Waals surface area contributed by atoms with Crippen molar-refractivity contribution in [2.75, 3.05) is 26.4 Å². The Morgan fingerprint density at radius 2 is 0.648 bits per heavy atom. The van der Waals surface area contributed by atoms with E-state index < -0.39 is 131 Å². The average molecular weight is 1520 g/mol. The van der Waals surface area contributed by atoms with E-state index in [-0.39, 0.29) is 12.3 Å². The molecule has 0 bridgehead atoms. The van der Waals surface area contributed by atoms with E-state index in [0.29, 0.717) is 12.8 Å². The number of carbonyl (C=O) groups is 1. The highest BCUT2D eigenvalue weighted by Crippen LogP contribution is 2.33. The predicted octanol–water partition coefficient (Wildman–Crippen LogP) is 14.8. The van der Waals surface area contributed by atoms with Crippen LogP contribution in [0.25, 0.3) is 0 Å². The second kappa shape index (κ2) is 67.0. The summed E-state index contributed by atoms with van der Waals surface area (Å²) in [5, 5.41) is 121. The minimum absolute atomic E-state index is 0.185. The lowest BCUT2D eigenvalue weighted by molar-refractivity contribution is -0.379. The summed E-state index contributed by atoms with van der Waals surface area (Å²) in [4.78, 5) is 13.5. The summed E-state index contributed by atoms with van der Waals surface area (Å²) in [5.41, 5.74) is 0. The molecule has 108 heavy (non-hydrogen) atoms. The van der Waals surface area contributed by atoms with E-state index >= 15 is 0 Å². The Morgan fingerprint density at radius 3 is 1.04 bits per heavy atom. The Labute approximate surface area is 650 Å². The molecule has 0 radical (unpaired) electrons. The SMILES string of the molecule is CC/C=C\C/C=C\C/C=C\C/C=C\C/C=C\C/C=C\C/C=C\C/C=C\C/C=C\C/C=C\C/C=C\CCCCCC(=O)NC(COC1OC(CO)C(OC2OC(CO)C(OC3OC(CO)C(O)C(O)C3O)C(O)C2O)C(O)C1O)C(O)/C=C/CC/C=C/CCCCCCCCCCCCCCCCCCCCCC. The van der Waals surface area contributed by atoms with Gasteiger partial charge in [0.15, 0.2) is 18.9 Å². The quantitative estimate of drug-likeness (QED) is 0.0199. The fraction of sp³-hybridized carbons (Fsp3) is 0.697. The number of carbonyl (C=O) groups excluding carboxylic acids is 1. The third-order valence-electron chi connectivity index (χ3n) is 19.6. The van der Waals surface area contributed by atoms with Crippen LogP contribution in [0.4, 0.5) is 0 Å². The van der Waals surface area contributed by atoms with Gasteiger partial charge >= 0.3 is 0 Å². The highest BCUT2D eigenvalue weighted by molar-refractivity contribution is 5.76. The van der Waals surface area contributed by atoms with Crippen molar-refractivity contribution in [2.45, 2.75) is 369 Å². The fourth-order valence-electron chi connectivity index (χ4n) is 12.9. The molecule has 616 valence electrons. The second-order valence-electron chi connectivity index (χ2n) is 28.8. The lowest BCUT2D eigenvalue weighted by Crippen LogP contribution is -2.66. The Morgan fingerprint density at radius 1 is 0.343 bits per heavy atom. The number of rotatable bonds is 64. The number of aliphatic hydroxyl groups excluding tert-OH is 11. The molecule has 0 saturated carbocycles. The van der Waals surface area contributed by atoms with Crippen LogP contribution in [0.15, 0.2) is 158 Å². The summed E-state index contributed by atoms with van der Waals surface area (Å²) in [5.74, 6) is -0.322. The highest BCUT2D eigenvalue weighted by atomic mass is 16.8. The molecule has 3 aliphatic rings. The first kappa shape index (κ1) is 97.6. The number of unbranched alkanes of at least 4 members (excludes halogenated alkanes) is 24. The van der Waals surface area contributed by atoms with Gasteiger partial charge in [0.2, 0.25) is 5.91 Å². The second-order valence-corrected chi connectivity index (χ2v) is 28.8. The lowest BCUT2D eigenvalue weighted by atomic mass is 9.96. The maximum Gasteiger partial charge on any atom is 0.220 e. The molecule has 0 aromatic carbocycles. The summed E-state index contributed by atoms with van der Waals surface area (Å²) in [6.07, 6.45) is 72.3. The number of aliphatic hydroxyl groups is 11. The van der Waals surface area contributed by atoms with Gasteiger partial charge in [0, 0.05) is 6.42 Å². The minimum Gasteiger partial charge on any atom is -0.394 e. The molecule has 0 aromatic rings. The molecule has 17 atom stereocenters. The van der Waals surface area contributed by atoms with Gasteiger partial charge in [-0.2, -0.15) is 0 Å². The third-order valence-corrected chi connectivity index (χ3v) is 19.6. The average Bonchev–Trinajstić information content (AvgIpc) is 0.779. The standard InChI is InChI=1S/C89H147NO18/c1-3-5-7-9-11-13-15-17-19-21-23-25-27-29-31-32-33-34-35-36-37-38-39-40-41-43-45-47-49-51-53-55-57-59-61-63-65-67-77(95)90-72(73(94)66-64-62-60-58-56-54-52-50-48-46-44-42-30-28-26-24-22-20-18-16-14-12-10-8-6-4-2)71-103-87-83(101)80(98)85(75(69-92)105-87)108-89-84(102)81(99)86(76(70-93)106-89)107-88-82(100)79(97)78(96)74(68-91)104-88/h5,7,11,13,17,19,23,25,29,31,33-34,36-37,39-40,43,45,49,51,55-58,64,66,72-76,78-89,91-94,96-102H,3-4,6,8-10,12,14-16,18,20-22,24,26-28,30,32,35,38,41-42,44,46-48,50,52-54,59-63,65,67-71H2,1-2H3,(H,90,95)/b7-5-,13-11-,19-17-,25-23-,31-29-,34-33-,37-36-,40-39-,45-43-,51-49-,57-55-,58-56+,66-64+. The lowest BCUT2D eigenvalue weighted by Gasteiger charge is -2.48. The zero-order chi connectivity index (χ0) is 78.1. The molecule has 0 aromatic heterocycles. The summed E-state index contributed by atoms with van der Waals surface area (Å²) >= 11 is 0. The van der Waals surface area contributed by atoms with Crippen LogP contribution in [0.1, 0.15) is 264 Å². The van der Waals surface area contributed by atoms with Crippen LogP contribution in [0.2, 0.25) is 0 Å². The van der Waals surface area contributed by atoms with Crippen molar-refractivity contribution in [3.8, 4) is 0 Å². The molecule has 3 aliphatic heterocycles. The first-order valence-corrected chi connectivity index (χ1v) is 41.7. The van der Waals surface area contributed by atoms with E-state index in [9.17, 15) is 61.0 Å². The molecule has 3 fully saturated rings. The molecule has 1 amide bonds. The third kappa shape index (κ3) is 45.8. The van der Waals surface area contributed by atoms with E-state index in [0.717, 1.165) is 109 Å². The van der Waals surface area contributed by atoms with Crippen LogP contribution >= 0.6 is 0 Å². The normalized spacial score (nSPS) is 26.2. The van der Waals surface area contributed by atoms with Crippen LogP contribution in [-0.2, 0) is 33.2 Å². The largest absolute Gasteiger partial charge is 0.394 e. The number of allylic oxidation sites excluding steroid dienone is 25. The van der Waals surface area contributed by atoms with E-state index in [1.807, 2.05) is 6.08 Å². The van der Waals surface area contributed by atoms with Crippen LogP contribution in [0.3, 0.4) is 0 Å². The first-order chi connectivity index (χ1) is 52.8. The zero-order valence-corrected chi connectivity index (χ0v) is 66.0. The maximum atomic E-state index is 13.5. The summed E-state index contributed by atoms with van der Waals surface area (Å²) < 4.78 is 34.4. The molecule has 0 spiro atoms. The van der Waals surface area contributed by atoms with Gasteiger partial charge < -0.3 is 89.9 Å². The molecule has 3 heterocycles. The number of hydrogen-bond acceptors (Lipinski definition) is 18. The Hall–Kier alpha value is -4.59. The van der Waals surface area contributed by atoms with Gasteiger partial charge in [-0.1, -0.05) is 300 Å². The Balaban J connectivity index is 1.40. The van der Waals surface area contributed by atoms with Gasteiger partial charge in [-0.05, 0) is 116 Å². The number of amides is 1. The zero-order valence-electron chi connectivity index (χ0n) is 66.0. The molecular weight excluding hydrogens is 1370 g/mol. The van der Waals surface area contributed by atoms with Crippen molar-refractivity contribution in [2.24, 2.45) is 0 Å². The molecule has 19 heteroatoms. The van der Waals surface area contributed by atoms with Gasteiger partial charge in [-0.15, -0.1) is 0 Å². The van der Waals surface area contributed by atoms with Crippen molar-refractivity contribution in [3.05, 3.63) is 158 Å². The van der Waals surface area contributed by atoms with Crippen molar-refractivity contribution in [3.63, 3.8) is 0 Å². The van der Waals surface area contributed by atoms with Crippen molar-refractivity contribution in [1.29, 1.82) is 0 Å². The van der Waals surface area contributed by atoms with E-state index in [4.69, 9.17) is 28.4 Å². The number of hydrogen-bond donors (Lipinski definition) is 12. The van der Waals surface area contributed by atoms with Gasteiger partial charge in [0.05, 0.1) is 38.6 Å². The Kier molecular flexibility index (Phi) is 60.5. The maximum absolute atomic E-state index is 13.5. The van der Waals surface area contributed by atoms with Gasteiger partial charge in [-0.25, -0.2) is 0 Å². The Bertz CT molecular complexity index is 2570. The van der Waals surface area contributed by atoms with Gasteiger partial charge in [0.1, 0.15) is 73.2 Å². The highest BCUT2D eigenvalue weighted by Gasteiger charge is 2.54. The smallest absolute Gasteiger partial charge is 0.220 e. The van der Waals surface area contributed by atoms with Crippen molar-refractivity contribution in [1.82, 2.24) is 5.32 Å². The fourth-order valence-corrected chi connectivity index (χ4v) is 12.9.